The van der Waals surface area contributed by atoms with Crippen LogP contribution >= 0.6 is 11.6 Å². The van der Waals surface area contributed by atoms with E-state index >= 15 is 0 Å². The maximum atomic E-state index is 13.7. The summed E-state index contributed by atoms with van der Waals surface area (Å²) in [5, 5.41) is 7.42. The zero-order valence-electron chi connectivity index (χ0n) is 17.6. The largest absolute Gasteiger partial charge is 0.347 e. The summed E-state index contributed by atoms with van der Waals surface area (Å²) in [6, 6.07) is 15.9. The van der Waals surface area contributed by atoms with Crippen molar-refractivity contribution < 1.29 is 27.6 Å². The molecule has 0 bridgehead atoms. The van der Waals surface area contributed by atoms with Gasteiger partial charge in [-0.25, -0.2) is 13.2 Å². The van der Waals surface area contributed by atoms with Crippen molar-refractivity contribution in [2.45, 2.75) is 12.5 Å². The summed E-state index contributed by atoms with van der Waals surface area (Å²) < 4.78 is 40.0. The van der Waals surface area contributed by atoms with Crippen molar-refractivity contribution in [2.24, 2.45) is 0 Å². The zero-order chi connectivity index (χ0) is 24.7. The van der Waals surface area contributed by atoms with Crippen LogP contribution in [0.2, 0.25) is 5.02 Å². The second kappa shape index (κ2) is 11.3. The Morgan fingerprint density at radius 2 is 1.50 bits per heavy atom. The second-order valence-electron chi connectivity index (χ2n) is 7.17. The van der Waals surface area contributed by atoms with Crippen LogP contribution in [0.5, 0.6) is 0 Å². The molecule has 3 N–H and O–H groups in total. The van der Waals surface area contributed by atoms with Crippen LogP contribution in [0.25, 0.3) is 0 Å². The molecule has 0 heterocycles. The Balaban J connectivity index is 1.63. The van der Waals surface area contributed by atoms with E-state index in [-0.39, 0.29) is 17.0 Å². The number of nitrogens with one attached hydrogen (secondary N) is 3. The van der Waals surface area contributed by atoms with E-state index in [0.717, 1.165) is 6.07 Å². The highest BCUT2D eigenvalue weighted by atomic mass is 35.5. The summed E-state index contributed by atoms with van der Waals surface area (Å²) in [7, 11) is 0. The first-order valence-electron chi connectivity index (χ1n) is 10.1. The topological polar surface area (TPSA) is 87.3 Å². The molecule has 0 radical (unpaired) electrons. The minimum Gasteiger partial charge on any atom is -0.347 e. The zero-order valence-corrected chi connectivity index (χ0v) is 18.3. The van der Waals surface area contributed by atoms with Crippen LogP contribution in [0.3, 0.4) is 0 Å². The lowest BCUT2D eigenvalue weighted by Crippen LogP contribution is -2.37. The molecule has 0 saturated carbocycles. The smallest absolute Gasteiger partial charge is 0.253 e. The molecule has 0 aliphatic rings. The van der Waals surface area contributed by atoms with Gasteiger partial charge in [0.2, 0.25) is 11.8 Å². The third-order valence-corrected chi connectivity index (χ3v) is 5.10. The van der Waals surface area contributed by atoms with Crippen LogP contribution in [0, 0.1) is 17.5 Å². The van der Waals surface area contributed by atoms with Crippen molar-refractivity contribution in [3.63, 3.8) is 0 Å². The van der Waals surface area contributed by atoms with Crippen LogP contribution in [-0.4, -0.2) is 24.3 Å². The normalized spacial score (nSPS) is 11.4. The molecule has 0 aliphatic carbocycles. The van der Waals surface area contributed by atoms with Gasteiger partial charge in [0, 0.05) is 0 Å². The molecule has 0 spiro atoms. The lowest BCUT2D eigenvalue weighted by Gasteiger charge is -2.19. The van der Waals surface area contributed by atoms with E-state index in [1.165, 1.54) is 0 Å². The van der Waals surface area contributed by atoms with Crippen LogP contribution in [0.4, 0.5) is 18.9 Å². The first-order valence-corrected chi connectivity index (χ1v) is 10.4. The Hall–Kier alpha value is -3.85. The SMILES string of the molecule is O=C(C[C@H](NC(=O)c1ccccc1Cl)c1ccccc1)NCC(=O)Nc1ccc(F)c(F)c1F. The number of hydrogen-bond acceptors (Lipinski definition) is 3. The summed E-state index contributed by atoms with van der Waals surface area (Å²) >= 11 is 6.08. The molecule has 176 valence electrons. The molecule has 1 atom stereocenters. The Bertz CT molecular complexity index is 1210. The molecule has 3 aromatic carbocycles. The predicted molar refractivity (Wildman–Crippen MR) is 121 cm³/mol. The van der Waals surface area contributed by atoms with Gasteiger partial charge in [0.25, 0.3) is 5.91 Å². The van der Waals surface area contributed by atoms with Gasteiger partial charge < -0.3 is 16.0 Å². The van der Waals surface area contributed by atoms with Gasteiger partial charge in [-0.2, -0.15) is 0 Å². The monoisotopic (exact) mass is 489 g/mol. The number of hydrogen-bond donors (Lipinski definition) is 3. The molecule has 3 amide bonds. The molecule has 0 saturated heterocycles. The summed E-state index contributed by atoms with van der Waals surface area (Å²) in [6.45, 7) is -0.558. The maximum absolute atomic E-state index is 13.7. The maximum Gasteiger partial charge on any atom is 0.253 e. The number of carbonyl (C=O) groups excluding carboxylic acids is 3. The van der Waals surface area contributed by atoms with Gasteiger partial charge in [-0.15, -0.1) is 0 Å². The highest BCUT2D eigenvalue weighted by Crippen LogP contribution is 2.21. The molecule has 0 aliphatic heterocycles. The van der Waals surface area contributed by atoms with Crippen molar-refractivity contribution in [3.8, 4) is 0 Å². The number of benzene rings is 3. The Labute approximate surface area is 198 Å². The third-order valence-electron chi connectivity index (χ3n) is 4.77. The minimum absolute atomic E-state index is 0.215. The Morgan fingerprint density at radius 3 is 2.21 bits per heavy atom. The van der Waals surface area contributed by atoms with Gasteiger partial charge in [-0.05, 0) is 29.8 Å². The van der Waals surface area contributed by atoms with Gasteiger partial charge in [0.1, 0.15) is 0 Å². The summed E-state index contributed by atoms with van der Waals surface area (Å²) in [5.74, 6) is -6.59. The number of amides is 3. The molecule has 3 rings (SSSR count). The molecular formula is C24H19ClF3N3O3. The van der Waals surface area contributed by atoms with Crippen LogP contribution in [0.15, 0.2) is 66.7 Å². The van der Waals surface area contributed by atoms with Crippen molar-refractivity contribution >= 4 is 35.0 Å². The van der Waals surface area contributed by atoms with Crippen LogP contribution in [-0.2, 0) is 9.59 Å². The van der Waals surface area contributed by atoms with Crippen LogP contribution in [0.1, 0.15) is 28.4 Å². The predicted octanol–water partition coefficient (Wildman–Crippen LogP) is 4.37. The average molecular weight is 490 g/mol. The summed E-state index contributed by atoms with van der Waals surface area (Å²) in [4.78, 5) is 37.2. The van der Waals surface area contributed by atoms with Crippen molar-refractivity contribution in [1.29, 1.82) is 0 Å². The summed E-state index contributed by atoms with van der Waals surface area (Å²) in [5.41, 5.74) is 0.317. The summed E-state index contributed by atoms with van der Waals surface area (Å²) in [6.07, 6.45) is -0.215. The highest BCUT2D eigenvalue weighted by molar-refractivity contribution is 6.33. The van der Waals surface area contributed by atoms with Crippen molar-refractivity contribution in [2.75, 3.05) is 11.9 Å². The number of rotatable bonds is 8. The fourth-order valence-electron chi connectivity index (χ4n) is 3.07. The fraction of sp³-hybridized carbons (Fsp3) is 0.125. The molecule has 10 heteroatoms. The molecular weight excluding hydrogens is 471 g/mol. The van der Waals surface area contributed by atoms with Gasteiger partial charge in [-0.1, -0.05) is 54.1 Å². The lowest BCUT2D eigenvalue weighted by atomic mass is 10.0. The van der Waals surface area contributed by atoms with Gasteiger partial charge in [-0.3, -0.25) is 14.4 Å². The van der Waals surface area contributed by atoms with E-state index in [9.17, 15) is 27.6 Å². The van der Waals surface area contributed by atoms with E-state index in [1.807, 2.05) is 0 Å². The molecule has 6 nitrogen and oxygen atoms in total. The number of halogens is 4. The van der Waals surface area contributed by atoms with E-state index < -0.39 is 53.4 Å². The quantitative estimate of drug-likeness (QED) is 0.411. The van der Waals surface area contributed by atoms with E-state index in [1.54, 1.807) is 54.6 Å². The average Bonchev–Trinajstić information content (AvgIpc) is 2.83. The standard InChI is InChI=1S/C24H19ClF3N3O3/c25-16-9-5-4-8-15(16)24(34)31-19(14-6-2-1-3-7-14)12-20(32)29-13-21(33)30-18-11-10-17(26)22(27)23(18)28/h1-11,19H,12-13H2,(H,29,32)(H,30,33)(H,31,34)/t19-/m0/s1. The fourth-order valence-corrected chi connectivity index (χ4v) is 3.29. The first-order chi connectivity index (χ1) is 16.3. The van der Waals surface area contributed by atoms with E-state index in [4.69, 9.17) is 11.6 Å². The minimum atomic E-state index is -1.72. The van der Waals surface area contributed by atoms with E-state index in [0.29, 0.717) is 11.6 Å². The molecule has 0 unspecified atom stereocenters. The molecule has 0 aromatic heterocycles. The van der Waals surface area contributed by atoms with Crippen LogP contribution < -0.4 is 16.0 Å². The molecule has 0 fully saturated rings. The Kier molecular flexibility index (Phi) is 8.26. The Morgan fingerprint density at radius 1 is 0.824 bits per heavy atom. The first kappa shape index (κ1) is 24.8. The van der Waals surface area contributed by atoms with Gasteiger partial charge in [0.15, 0.2) is 17.5 Å². The van der Waals surface area contributed by atoms with Gasteiger partial charge in [0.05, 0.1) is 35.3 Å². The third kappa shape index (κ3) is 6.35. The van der Waals surface area contributed by atoms with Gasteiger partial charge >= 0.3 is 0 Å². The molecule has 3 aromatic rings. The van der Waals surface area contributed by atoms with Crippen molar-refractivity contribution in [1.82, 2.24) is 10.6 Å². The second-order valence-corrected chi connectivity index (χ2v) is 7.58. The number of anilines is 1. The van der Waals surface area contributed by atoms with E-state index in [2.05, 4.69) is 16.0 Å². The number of carbonyl (C=O) groups is 3. The lowest BCUT2D eigenvalue weighted by molar-refractivity contribution is -0.124. The molecule has 34 heavy (non-hydrogen) atoms. The highest BCUT2D eigenvalue weighted by Gasteiger charge is 2.21. The van der Waals surface area contributed by atoms with Crippen molar-refractivity contribution in [3.05, 3.63) is 100 Å².